The first kappa shape index (κ1) is 15.4. The lowest BCUT2D eigenvalue weighted by Gasteiger charge is -2.29. The van der Waals surface area contributed by atoms with Crippen LogP contribution in [0.3, 0.4) is 0 Å². The van der Waals surface area contributed by atoms with Gasteiger partial charge in [0.1, 0.15) is 11.9 Å². The highest BCUT2D eigenvalue weighted by Crippen LogP contribution is 2.21. The first-order valence-corrected chi connectivity index (χ1v) is 7.45. The lowest BCUT2D eigenvalue weighted by atomic mass is 10.2. The summed E-state index contributed by atoms with van der Waals surface area (Å²) < 4.78 is 37.6. The molecule has 5 nitrogen and oxygen atoms in total. The minimum atomic E-state index is -3.65. The summed E-state index contributed by atoms with van der Waals surface area (Å²) in [6.45, 7) is 1.49. The largest absolute Gasteiger partial charge is 0.347 e. The monoisotopic (exact) mass is 288 g/mol. The second kappa shape index (κ2) is 5.56. The van der Waals surface area contributed by atoms with Crippen molar-refractivity contribution in [2.45, 2.75) is 13.0 Å². The first-order chi connectivity index (χ1) is 8.64. The molecule has 1 atom stereocenters. The molecule has 1 aromatic rings. The highest BCUT2D eigenvalue weighted by atomic mass is 32.2. The van der Waals surface area contributed by atoms with Crippen molar-refractivity contribution >= 4 is 21.6 Å². The smallest absolute Gasteiger partial charge is 0.245 e. The summed E-state index contributed by atoms with van der Waals surface area (Å²) in [5.41, 5.74) is 0.256. The Labute approximate surface area is 112 Å². The van der Waals surface area contributed by atoms with Crippen molar-refractivity contribution in [2.75, 3.05) is 24.7 Å². The minimum Gasteiger partial charge on any atom is -0.347 e. The Bertz CT molecular complexity index is 555. The van der Waals surface area contributed by atoms with Gasteiger partial charge in [-0.2, -0.15) is 0 Å². The summed E-state index contributed by atoms with van der Waals surface area (Å²) in [4.78, 5) is 13.2. The highest BCUT2D eigenvalue weighted by molar-refractivity contribution is 7.92. The van der Waals surface area contributed by atoms with Crippen LogP contribution in [0.2, 0.25) is 0 Å². The Kier molecular flexibility index (Phi) is 4.52. The molecule has 0 radical (unpaired) electrons. The standard InChI is InChI=1S/C12H17FN2O3S/c1-9(12(16)14(2)3)15(19(4,17)18)11-7-5-10(13)6-8-11/h5-9H,1-4H3/t9-/m0/s1. The Morgan fingerprint density at radius 3 is 2.05 bits per heavy atom. The molecule has 1 aromatic carbocycles. The second-order valence-electron chi connectivity index (χ2n) is 4.44. The van der Waals surface area contributed by atoms with E-state index in [0.29, 0.717) is 0 Å². The molecule has 0 saturated heterocycles. The number of benzene rings is 1. The van der Waals surface area contributed by atoms with Crippen molar-refractivity contribution in [3.8, 4) is 0 Å². The quantitative estimate of drug-likeness (QED) is 0.832. The maximum absolute atomic E-state index is 12.9. The Hall–Kier alpha value is -1.63. The van der Waals surface area contributed by atoms with Crippen molar-refractivity contribution in [3.05, 3.63) is 30.1 Å². The highest BCUT2D eigenvalue weighted by Gasteiger charge is 2.29. The topological polar surface area (TPSA) is 57.7 Å². The average molecular weight is 288 g/mol. The molecule has 19 heavy (non-hydrogen) atoms. The molecule has 0 N–H and O–H groups in total. The van der Waals surface area contributed by atoms with E-state index in [9.17, 15) is 17.6 Å². The third-order valence-corrected chi connectivity index (χ3v) is 3.83. The van der Waals surface area contributed by atoms with Gasteiger partial charge in [0.15, 0.2) is 0 Å². The van der Waals surface area contributed by atoms with Gasteiger partial charge >= 0.3 is 0 Å². The zero-order valence-corrected chi connectivity index (χ0v) is 12.1. The van der Waals surface area contributed by atoms with Crippen LogP contribution in [-0.2, 0) is 14.8 Å². The van der Waals surface area contributed by atoms with Crippen LogP contribution in [0.25, 0.3) is 0 Å². The molecule has 1 amide bonds. The van der Waals surface area contributed by atoms with Crippen molar-refractivity contribution in [3.63, 3.8) is 0 Å². The fourth-order valence-electron chi connectivity index (χ4n) is 1.76. The summed E-state index contributed by atoms with van der Waals surface area (Å²) in [5.74, 6) is -0.821. The van der Waals surface area contributed by atoms with E-state index in [-0.39, 0.29) is 11.6 Å². The lowest BCUT2D eigenvalue weighted by Crippen LogP contribution is -2.47. The predicted octanol–water partition coefficient (Wildman–Crippen LogP) is 1.07. The number of hydrogen-bond donors (Lipinski definition) is 0. The number of carbonyl (C=O) groups is 1. The molecule has 0 spiro atoms. The van der Waals surface area contributed by atoms with Crippen LogP contribution in [0, 0.1) is 5.82 Å². The Morgan fingerprint density at radius 1 is 1.21 bits per heavy atom. The number of nitrogens with zero attached hydrogens (tertiary/aromatic N) is 2. The lowest BCUT2D eigenvalue weighted by molar-refractivity contribution is -0.129. The third kappa shape index (κ3) is 3.66. The van der Waals surface area contributed by atoms with Crippen molar-refractivity contribution in [1.82, 2.24) is 4.90 Å². The number of anilines is 1. The van der Waals surface area contributed by atoms with E-state index in [1.165, 1.54) is 24.0 Å². The molecule has 0 aliphatic heterocycles. The van der Waals surface area contributed by atoms with Gasteiger partial charge in [-0.05, 0) is 31.2 Å². The fraction of sp³-hybridized carbons (Fsp3) is 0.417. The van der Waals surface area contributed by atoms with Crippen molar-refractivity contribution in [1.29, 1.82) is 0 Å². The zero-order chi connectivity index (χ0) is 14.8. The van der Waals surface area contributed by atoms with E-state index in [2.05, 4.69) is 0 Å². The molecule has 0 unspecified atom stereocenters. The molecule has 106 valence electrons. The van der Waals surface area contributed by atoms with Gasteiger partial charge in [-0.1, -0.05) is 0 Å². The van der Waals surface area contributed by atoms with Gasteiger partial charge in [-0.15, -0.1) is 0 Å². The minimum absolute atomic E-state index is 0.256. The maximum atomic E-state index is 12.9. The van der Waals surface area contributed by atoms with Gasteiger partial charge in [-0.25, -0.2) is 12.8 Å². The van der Waals surface area contributed by atoms with Crippen molar-refractivity contribution < 1.29 is 17.6 Å². The number of likely N-dealkylation sites (N-methyl/N-ethyl adjacent to an activating group) is 1. The van der Waals surface area contributed by atoms with Crippen LogP contribution in [-0.4, -0.2) is 45.6 Å². The molecular weight excluding hydrogens is 271 g/mol. The van der Waals surface area contributed by atoms with Gasteiger partial charge in [0.2, 0.25) is 15.9 Å². The molecule has 0 aliphatic rings. The third-order valence-electron chi connectivity index (χ3n) is 2.59. The van der Waals surface area contributed by atoms with Crippen LogP contribution >= 0.6 is 0 Å². The normalized spacial score (nSPS) is 12.9. The molecule has 0 saturated carbocycles. The van der Waals surface area contributed by atoms with E-state index in [1.807, 2.05) is 0 Å². The summed E-state index contributed by atoms with van der Waals surface area (Å²) in [6.07, 6.45) is 1.01. The number of rotatable bonds is 4. The molecule has 1 rings (SSSR count). The second-order valence-corrected chi connectivity index (χ2v) is 6.30. The summed E-state index contributed by atoms with van der Waals surface area (Å²) in [5, 5.41) is 0. The van der Waals surface area contributed by atoms with Crippen LogP contribution in [0.15, 0.2) is 24.3 Å². The van der Waals surface area contributed by atoms with Crippen LogP contribution in [0.5, 0.6) is 0 Å². The molecule has 0 bridgehead atoms. The maximum Gasteiger partial charge on any atom is 0.245 e. The average Bonchev–Trinajstić information content (AvgIpc) is 2.29. The molecule has 0 heterocycles. The van der Waals surface area contributed by atoms with Crippen LogP contribution in [0.4, 0.5) is 10.1 Å². The van der Waals surface area contributed by atoms with Gasteiger partial charge in [0.05, 0.1) is 11.9 Å². The van der Waals surface area contributed by atoms with Gasteiger partial charge in [0.25, 0.3) is 0 Å². The van der Waals surface area contributed by atoms with E-state index in [4.69, 9.17) is 0 Å². The van der Waals surface area contributed by atoms with Gasteiger partial charge in [-0.3, -0.25) is 9.10 Å². The Morgan fingerprint density at radius 2 is 1.68 bits per heavy atom. The zero-order valence-electron chi connectivity index (χ0n) is 11.3. The summed E-state index contributed by atoms with van der Waals surface area (Å²) >= 11 is 0. The number of carbonyl (C=O) groups excluding carboxylic acids is 1. The Balaban J connectivity index is 3.24. The van der Waals surface area contributed by atoms with Crippen LogP contribution in [0.1, 0.15) is 6.92 Å². The predicted molar refractivity (Wildman–Crippen MR) is 71.9 cm³/mol. The SMILES string of the molecule is C[C@@H](C(=O)N(C)C)N(c1ccc(F)cc1)S(C)(=O)=O. The number of hydrogen-bond acceptors (Lipinski definition) is 3. The molecule has 0 aliphatic carbocycles. The van der Waals surface area contributed by atoms with E-state index >= 15 is 0 Å². The molecular formula is C12H17FN2O3S. The fourth-order valence-corrected chi connectivity index (χ4v) is 2.93. The molecule has 0 aromatic heterocycles. The molecule has 0 fully saturated rings. The molecule has 7 heteroatoms. The van der Waals surface area contributed by atoms with E-state index < -0.39 is 21.9 Å². The number of amides is 1. The number of halogens is 1. The van der Waals surface area contributed by atoms with Gasteiger partial charge < -0.3 is 4.90 Å². The summed E-state index contributed by atoms with van der Waals surface area (Å²) in [6, 6.07) is 4.07. The van der Waals surface area contributed by atoms with E-state index in [0.717, 1.165) is 22.7 Å². The van der Waals surface area contributed by atoms with Crippen LogP contribution < -0.4 is 4.31 Å². The number of sulfonamides is 1. The van der Waals surface area contributed by atoms with Gasteiger partial charge in [0, 0.05) is 14.1 Å². The van der Waals surface area contributed by atoms with Crippen molar-refractivity contribution in [2.24, 2.45) is 0 Å². The van der Waals surface area contributed by atoms with E-state index in [1.54, 1.807) is 14.1 Å². The first-order valence-electron chi connectivity index (χ1n) is 5.60. The summed E-state index contributed by atoms with van der Waals surface area (Å²) in [7, 11) is -0.554.